The van der Waals surface area contributed by atoms with E-state index in [1.54, 1.807) is 19.9 Å². The van der Waals surface area contributed by atoms with Crippen molar-refractivity contribution in [2.24, 2.45) is 41.2 Å². The lowest BCUT2D eigenvalue weighted by Gasteiger charge is -2.52. The van der Waals surface area contributed by atoms with Gasteiger partial charge in [0.1, 0.15) is 5.75 Å². The first kappa shape index (κ1) is 32.3. The van der Waals surface area contributed by atoms with Crippen molar-refractivity contribution >= 4 is 40.4 Å². The maximum atomic E-state index is 14.2. The van der Waals surface area contributed by atoms with Crippen LogP contribution in [0.25, 0.3) is 0 Å². The first-order valence-corrected chi connectivity index (χ1v) is 15.5. The summed E-state index contributed by atoms with van der Waals surface area (Å²) in [6.07, 6.45) is 0.258. The maximum absolute atomic E-state index is 14.2. The number of Topliss-reactive ketones (excluding diaryl/α,β-unsaturated/α-hetero) is 4. The molecule has 5 N–H and O–H groups in total. The molecule has 2 aromatic rings. The Hall–Kier alpha value is -4.05. The predicted octanol–water partition coefficient (Wildman–Crippen LogP) is 3.18. The number of phenolic OH excluding ortho intramolecular Hbond substituents is 1. The van der Waals surface area contributed by atoms with Crippen molar-refractivity contribution in [3.8, 4) is 5.75 Å². The molecule has 3 aliphatic rings. The fourth-order valence-corrected chi connectivity index (χ4v) is 7.76. The monoisotopic (exact) mass is 617 g/mol. The second-order valence-corrected chi connectivity index (χ2v) is 14.5. The van der Waals surface area contributed by atoms with Crippen molar-refractivity contribution in [3.05, 3.63) is 52.6 Å². The van der Waals surface area contributed by atoms with Crippen LogP contribution in [-0.4, -0.2) is 58.9 Å². The lowest BCUT2D eigenvalue weighted by atomic mass is 9.50. The van der Waals surface area contributed by atoms with Gasteiger partial charge in [0.2, 0.25) is 5.91 Å². The van der Waals surface area contributed by atoms with Crippen molar-refractivity contribution in [2.75, 3.05) is 24.3 Å². The molecule has 10 nitrogen and oxygen atoms in total. The highest BCUT2D eigenvalue weighted by atomic mass is 16.3. The summed E-state index contributed by atoms with van der Waals surface area (Å²) in [5, 5.41) is 26.6. The number of aromatic hydroxyl groups is 1. The van der Waals surface area contributed by atoms with Gasteiger partial charge in [-0.2, -0.15) is 0 Å². The Balaban J connectivity index is 1.55. The third-order valence-electron chi connectivity index (χ3n) is 10.1. The molecule has 0 radical (unpaired) electrons. The van der Waals surface area contributed by atoms with Crippen LogP contribution in [0.3, 0.4) is 0 Å². The molecule has 1 amide bonds. The molecule has 0 spiro atoms. The van der Waals surface area contributed by atoms with Crippen molar-refractivity contribution in [3.63, 3.8) is 0 Å². The molecule has 0 saturated heterocycles. The topological polar surface area (TPSA) is 167 Å². The summed E-state index contributed by atoms with van der Waals surface area (Å²) >= 11 is 0. The van der Waals surface area contributed by atoms with E-state index in [-0.39, 0.29) is 29.6 Å². The summed E-state index contributed by atoms with van der Waals surface area (Å²) in [7, 11) is 3.64. The number of rotatable bonds is 6. The van der Waals surface area contributed by atoms with Crippen molar-refractivity contribution in [1.82, 2.24) is 0 Å². The Labute approximate surface area is 263 Å². The highest BCUT2D eigenvalue weighted by molar-refractivity contribution is 6.32. The number of aliphatic hydroxyl groups is 1. The van der Waals surface area contributed by atoms with E-state index < -0.39 is 70.1 Å². The van der Waals surface area contributed by atoms with E-state index >= 15 is 0 Å². The first-order valence-electron chi connectivity index (χ1n) is 15.5. The van der Waals surface area contributed by atoms with E-state index in [9.17, 15) is 34.2 Å². The molecule has 6 atom stereocenters. The van der Waals surface area contributed by atoms with Crippen LogP contribution in [0.1, 0.15) is 68.1 Å². The third-order valence-corrected chi connectivity index (χ3v) is 10.1. The lowest BCUT2D eigenvalue weighted by Crippen LogP contribution is -2.71. The molecule has 10 heteroatoms. The summed E-state index contributed by atoms with van der Waals surface area (Å²) in [4.78, 5) is 69.3. The van der Waals surface area contributed by atoms with Gasteiger partial charge in [-0.05, 0) is 52.8 Å². The lowest BCUT2D eigenvalue weighted by molar-refractivity contribution is -0.182. The van der Waals surface area contributed by atoms with E-state index in [4.69, 9.17) is 5.73 Å². The normalized spacial score (nSPS) is 28.0. The number of hydrogen-bond donors (Lipinski definition) is 4. The average molecular weight is 618 g/mol. The van der Waals surface area contributed by atoms with E-state index in [2.05, 4.69) is 38.2 Å². The molecule has 0 bridgehead atoms. The smallest absolute Gasteiger partial charge is 0.235 e. The summed E-state index contributed by atoms with van der Waals surface area (Å²) < 4.78 is 0. The fourth-order valence-electron chi connectivity index (χ4n) is 7.76. The molecule has 2 unspecified atom stereocenters. The van der Waals surface area contributed by atoms with Crippen LogP contribution < -0.4 is 16.0 Å². The van der Waals surface area contributed by atoms with Gasteiger partial charge < -0.3 is 26.2 Å². The van der Waals surface area contributed by atoms with Crippen LogP contribution in [0.5, 0.6) is 5.75 Å². The van der Waals surface area contributed by atoms with Crippen LogP contribution >= 0.6 is 0 Å². The second kappa shape index (κ2) is 11.1. The van der Waals surface area contributed by atoms with Crippen LogP contribution in [-0.2, 0) is 37.6 Å². The third kappa shape index (κ3) is 5.03. The van der Waals surface area contributed by atoms with Gasteiger partial charge in [0.15, 0.2) is 34.7 Å². The standard InChI is InChI=1S/C35H43N3O7/c1-16(2)24-21-13-18-12-20-23(38(6)7)14-22(37-15-17-8-10-19(11-9-17)34(3,4)5)28(39)26(20)30(41)25(18)31(42)35(21,45)32(43)27(29(24)40)33(36)44/h8-11,14,16,18,21,24-25,27,37,39,45H,12-13,15H2,1-7H3,(H2,36,44)/t18-,21-,24-,25?,27?,35-/m0/s1. The number of nitrogens with zero attached hydrogens (tertiary/aromatic N) is 1. The van der Waals surface area contributed by atoms with Gasteiger partial charge in [0.25, 0.3) is 0 Å². The summed E-state index contributed by atoms with van der Waals surface area (Å²) in [6, 6.07) is 9.88. The van der Waals surface area contributed by atoms with E-state index in [0.717, 1.165) is 5.56 Å². The number of carbonyl (C=O) groups is 5. The molecule has 0 heterocycles. The van der Waals surface area contributed by atoms with Crippen LogP contribution in [0.15, 0.2) is 30.3 Å². The number of ketones is 4. The molecule has 2 saturated carbocycles. The van der Waals surface area contributed by atoms with Crippen LogP contribution in [0, 0.1) is 35.5 Å². The minimum absolute atomic E-state index is 0.000498. The largest absolute Gasteiger partial charge is 0.505 e. The molecule has 0 aliphatic heterocycles. The second-order valence-electron chi connectivity index (χ2n) is 14.5. The molecule has 2 aromatic carbocycles. The maximum Gasteiger partial charge on any atom is 0.235 e. The zero-order valence-corrected chi connectivity index (χ0v) is 26.9. The van der Waals surface area contributed by atoms with Gasteiger partial charge in [-0.15, -0.1) is 0 Å². The van der Waals surface area contributed by atoms with E-state index in [1.807, 2.05) is 31.1 Å². The summed E-state index contributed by atoms with van der Waals surface area (Å²) in [5.41, 5.74) is 6.36. The number of benzene rings is 2. The molecule has 2 fully saturated rings. The van der Waals surface area contributed by atoms with Crippen molar-refractivity contribution < 1.29 is 34.2 Å². The van der Waals surface area contributed by atoms with Gasteiger partial charge in [-0.3, -0.25) is 24.0 Å². The highest BCUT2D eigenvalue weighted by Crippen LogP contribution is 2.54. The van der Waals surface area contributed by atoms with Gasteiger partial charge in [-0.25, -0.2) is 0 Å². The van der Waals surface area contributed by atoms with E-state index in [1.165, 1.54) is 5.56 Å². The van der Waals surface area contributed by atoms with Crippen LogP contribution in [0.2, 0.25) is 0 Å². The van der Waals surface area contributed by atoms with Gasteiger partial charge in [0.05, 0.1) is 17.2 Å². The molecule has 5 rings (SSSR count). The van der Waals surface area contributed by atoms with E-state index in [0.29, 0.717) is 23.5 Å². The van der Waals surface area contributed by atoms with Gasteiger partial charge in [-0.1, -0.05) is 58.9 Å². The van der Waals surface area contributed by atoms with Gasteiger partial charge >= 0.3 is 0 Å². The number of carbonyl (C=O) groups excluding carboxylic acids is 5. The number of nitrogens with two attached hydrogens (primary N) is 1. The van der Waals surface area contributed by atoms with Gasteiger partial charge in [0, 0.05) is 38.2 Å². The number of anilines is 2. The Morgan fingerprint density at radius 1 is 1.09 bits per heavy atom. The molecular weight excluding hydrogens is 574 g/mol. The minimum atomic E-state index is -2.72. The number of hydrogen-bond acceptors (Lipinski definition) is 9. The van der Waals surface area contributed by atoms with Crippen molar-refractivity contribution in [2.45, 2.75) is 65.0 Å². The number of fused-ring (bicyclic) bond motifs is 3. The SMILES string of the molecule is CC(C)[C@@H]1C(=O)C(C(N)=O)C(=O)[C@@]2(O)C(=O)C3C(=O)c4c(O)c(NCc5ccc(C(C)(C)C)cc5)cc(N(C)C)c4C[C@H]3C[C@@H]12. The summed E-state index contributed by atoms with van der Waals surface area (Å²) in [5.74, 6) is -11.7. The average Bonchev–Trinajstić information content (AvgIpc) is 2.93. The number of primary amides is 1. The summed E-state index contributed by atoms with van der Waals surface area (Å²) in [6.45, 7) is 10.2. The Morgan fingerprint density at radius 3 is 2.24 bits per heavy atom. The Bertz CT molecular complexity index is 1600. The Kier molecular flexibility index (Phi) is 7.97. The zero-order valence-electron chi connectivity index (χ0n) is 26.9. The first-order chi connectivity index (χ1) is 20.9. The zero-order chi connectivity index (χ0) is 33.3. The molecular formula is C35H43N3O7. The Morgan fingerprint density at radius 2 is 1.71 bits per heavy atom. The quantitative estimate of drug-likeness (QED) is 0.281. The predicted molar refractivity (Wildman–Crippen MR) is 169 cm³/mol. The molecule has 0 aromatic heterocycles. The molecule has 45 heavy (non-hydrogen) atoms. The highest BCUT2D eigenvalue weighted by Gasteiger charge is 2.69. The number of nitrogens with one attached hydrogen (secondary N) is 1. The van der Waals surface area contributed by atoms with Crippen LogP contribution in [0.4, 0.5) is 11.4 Å². The number of amides is 1. The number of phenols is 1. The fraction of sp³-hybridized carbons (Fsp3) is 0.514. The van der Waals surface area contributed by atoms with Crippen molar-refractivity contribution in [1.29, 1.82) is 0 Å². The molecule has 240 valence electrons. The minimum Gasteiger partial charge on any atom is -0.505 e. The molecule has 3 aliphatic carbocycles.